The summed E-state index contributed by atoms with van der Waals surface area (Å²) in [6, 6.07) is 7.09. The van der Waals surface area contributed by atoms with E-state index in [1.165, 1.54) is 4.90 Å². The summed E-state index contributed by atoms with van der Waals surface area (Å²) in [4.78, 5) is 54.5. The summed E-state index contributed by atoms with van der Waals surface area (Å²) in [7, 11) is 0. The second-order valence-electron chi connectivity index (χ2n) is 9.18. The van der Waals surface area contributed by atoms with Gasteiger partial charge in [0, 0.05) is 25.6 Å². The molecule has 0 unspecified atom stereocenters. The van der Waals surface area contributed by atoms with Crippen molar-refractivity contribution in [3.63, 3.8) is 0 Å². The minimum Gasteiger partial charge on any atom is -0.352 e. The Labute approximate surface area is 196 Å². The average Bonchev–Trinajstić information content (AvgIpc) is 3.06. The lowest BCUT2D eigenvalue weighted by molar-refractivity contribution is -0.143. The number of aryl methyl sites for hydroxylation is 1. The van der Waals surface area contributed by atoms with Crippen LogP contribution in [0, 0.1) is 18.8 Å². The second-order valence-corrected chi connectivity index (χ2v) is 9.18. The maximum absolute atomic E-state index is 13.3. The van der Waals surface area contributed by atoms with Gasteiger partial charge in [-0.15, -0.1) is 0 Å². The molecule has 1 aliphatic heterocycles. The van der Waals surface area contributed by atoms with Gasteiger partial charge in [-0.3, -0.25) is 24.1 Å². The molecule has 0 radical (unpaired) electrons. The molecule has 178 valence electrons. The quantitative estimate of drug-likeness (QED) is 0.460. The number of hydrogen-bond donors (Lipinski definition) is 1. The van der Waals surface area contributed by atoms with Gasteiger partial charge in [0.15, 0.2) is 0 Å². The standard InChI is InChI=1S/C26H35N3O4/c1-5-18(3)27-24(31)19(4)29(16-20-11-7-6-10-17(20)2)23(30)14-15-28-25(32)21-12-8-9-13-22(21)26(28)33/h6-11,18-19,21-22H,5,12-16H2,1-4H3,(H,27,31)/t18-,19-,21-,22+/m1/s1. The van der Waals surface area contributed by atoms with Crippen LogP contribution in [0.1, 0.15) is 57.6 Å². The monoisotopic (exact) mass is 453 g/mol. The van der Waals surface area contributed by atoms with Crippen LogP contribution < -0.4 is 5.32 Å². The first-order valence-corrected chi connectivity index (χ1v) is 11.9. The van der Waals surface area contributed by atoms with Crippen LogP contribution in [0.15, 0.2) is 36.4 Å². The molecule has 1 heterocycles. The van der Waals surface area contributed by atoms with E-state index in [1.54, 1.807) is 11.8 Å². The maximum Gasteiger partial charge on any atom is 0.242 e. The fraction of sp³-hybridized carbons (Fsp3) is 0.538. The predicted molar refractivity (Wildman–Crippen MR) is 126 cm³/mol. The van der Waals surface area contributed by atoms with Crippen LogP contribution in [0.2, 0.25) is 0 Å². The van der Waals surface area contributed by atoms with Gasteiger partial charge in [-0.25, -0.2) is 0 Å². The number of imide groups is 1. The van der Waals surface area contributed by atoms with Crippen LogP contribution in [0.3, 0.4) is 0 Å². The van der Waals surface area contributed by atoms with E-state index >= 15 is 0 Å². The molecule has 4 amide bonds. The van der Waals surface area contributed by atoms with Gasteiger partial charge in [0.05, 0.1) is 11.8 Å². The van der Waals surface area contributed by atoms with Gasteiger partial charge in [0.25, 0.3) is 0 Å². The van der Waals surface area contributed by atoms with Crippen molar-refractivity contribution in [2.75, 3.05) is 6.54 Å². The van der Waals surface area contributed by atoms with E-state index in [-0.39, 0.29) is 61.0 Å². The Balaban J connectivity index is 1.73. The molecule has 0 bridgehead atoms. The molecule has 33 heavy (non-hydrogen) atoms. The van der Waals surface area contributed by atoms with Gasteiger partial charge in [0.1, 0.15) is 6.04 Å². The highest BCUT2D eigenvalue weighted by Gasteiger charge is 2.47. The number of carbonyl (C=O) groups is 4. The van der Waals surface area contributed by atoms with E-state index in [0.717, 1.165) is 17.5 Å². The third kappa shape index (κ3) is 5.52. The van der Waals surface area contributed by atoms with Crippen molar-refractivity contribution in [3.8, 4) is 0 Å². The highest BCUT2D eigenvalue weighted by Crippen LogP contribution is 2.35. The molecule has 1 aliphatic carbocycles. The number of nitrogens with zero attached hydrogens (tertiary/aromatic N) is 2. The maximum atomic E-state index is 13.3. The lowest BCUT2D eigenvalue weighted by atomic mass is 9.85. The molecule has 1 aromatic rings. The van der Waals surface area contributed by atoms with Gasteiger partial charge < -0.3 is 10.2 Å². The molecule has 0 spiro atoms. The molecule has 1 saturated heterocycles. The molecule has 7 heteroatoms. The van der Waals surface area contributed by atoms with Crippen LogP contribution in [-0.4, -0.2) is 52.1 Å². The fourth-order valence-electron chi connectivity index (χ4n) is 4.46. The highest BCUT2D eigenvalue weighted by atomic mass is 16.2. The van der Waals surface area contributed by atoms with Crippen molar-refractivity contribution in [1.82, 2.24) is 15.1 Å². The topological polar surface area (TPSA) is 86.8 Å². The highest BCUT2D eigenvalue weighted by molar-refractivity contribution is 6.05. The Bertz CT molecular complexity index is 915. The van der Waals surface area contributed by atoms with Crippen molar-refractivity contribution < 1.29 is 19.2 Å². The van der Waals surface area contributed by atoms with Crippen molar-refractivity contribution >= 4 is 23.6 Å². The minimum atomic E-state index is -0.678. The first-order chi connectivity index (χ1) is 15.7. The smallest absolute Gasteiger partial charge is 0.242 e. The van der Waals surface area contributed by atoms with E-state index in [1.807, 2.05) is 57.2 Å². The molecule has 0 aromatic heterocycles. The Morgan fingerprint density at radius 3 is 2.27 bits per heavy atom. The molecule has 1 aromatic carbocycles. The largest absolute Gasteiger partial charge is 0.352 e. The molecular weight excluding hydrogens is 418 g/mol. The number of benzene rings is 1. The number of hydrogen-bond acceptors (Lipinski definition) is 4. The van der Waals surface area contributed by atoms with Crippen molar-refractivity contribution in [2.24, 2.45) is 11.8 Å². The molecular formula is C26H35N3O4. The molecule has 1 fully saturated rings. The molecule has 2 aliphatic rings. The number of likely N-dealkylation sites (tertiary alicyclic amines) is 1. The van der Waals surface area contributed by atoms with E-state index < -0.39 is 6.04 Å². The summed E-state index contributed by atoms with van der Waals surface area (Å²) in [6.07, 6.45) is 5.83. The van der Waals surface area contributed by atoms with Gasteiger partial charge in [-0.05, 0) is 51.2 Å². The van der Waals surface area contributed by atoms with Crippen LogP contribution in [0.25, 0.3) is 0 Å². The number of nitrogens with one attached hydrogen (secondary N) is 1. The van der Waals surface area contributed by atoms with Crippen LogP contribution in [0.5, 0.6) is 0 Å². The summed E-state index contributed by atoms with van der Waals surface area (Å²) < 4.78 is 0. The lowest BCUT2D eigenvalue weighted by Gasteiger charge is -2.30. The fourth-order valence-corrected chi connectivity index (χ4v) is 4.46. The Morgan fingerprint density at radius 1 is 1.09 bits per heavy atom. The SMILES string of the molecule is CC[C@@H](C)NC(=O)[C@@H](C)N(Cc1ccccc1C)C(=O)CCN1C(=O)[C@H]2CC=CC[C@H]2C1=O. The zero-order valence-electron chi connectivity index (χ0n) is 20.0. The third-order valence-electron chi connectivity index (χ3n) is 6.92. The van der Waals surface area contributed by atoms with Crippen LogP contribution >= 0.6 is 0 Å². The minimum absolute atomic E-state index is 0.00280. The number of rotatable bonds is 9. The van der Waals surface area contributed by atoms with Gasteiger partial charge in [0.2, 0.25) is 23.6 Å². The summed E-state index contributed by atoms with van der Waals surface area (Å²) in [5.41, 5.74) is 1.99. The second kappa shape index (κ2) is 10.8. The number of amides is 4. The van der Waals surface area contributed by atoms with E-state index in [9.17, 15) is 19.2 Å². The molecule has 1 N–H and O–H groups in total. The number of carbonyl (C=O) groups excluding carboxylic acids is 4. The molecule has 3 rings (SSSR count). The van der Waals surface area contributed by atoms with E-state index in [2.05, 4.69) is 5.32 Å². The summed E-state index contributed by atoms with van der Waals surface area (Å²) in [5.74, 6) is -1.44. The van der Waals surface area contributed by atoms with Crippen molar-refractivity contribution in [2.45, 2.75) is 72.0 Å². The summed E-state index contributed by atoms with van der Waals surface area (Å²) in [6.45, 7) is 7.95. The zero-order chi connectivity index (χ0) is 24.1. The van der Waals surface area contributed by atoms with Crippen molar-refractivity contribution in [1.29, 1.82) is 0 Å². The number of fused-ring (bicyclic) bond motifs is 1. The molecule has 7 nitrogen and oxygen atoms in total. The zero-order valence-corrected chi connectivity index (χ0v) is 20.0. The Hall–Kier alpha value is -2.96. The Morgan fingerprint density at radius 2 is 1.70 bits per heavy atom. The van der Waals surface area contributed by atoms with Crippen molar-refractivity contribution in [3.05, 3.63) is 47.5 Å². The number of allylic oxidation sites excluding steroid dienone is 2. The third-order valence-corrected chi connectivity index (χ3v) is 6.92. The van der Waals surface area contributed by atoms with Crippen LogP contribution in [0.4, 0.5) is 0 Å². The first-order valence-electron chi connectivity index (χ1n) is 11.9. The van der Waals surface area contributed by atoms with E-state index in [0.29, 0.717) is 12.8 Å². The van der Waals surface area contributed by atoms with Crippen LogP contribution in [-0.2, 0) is 25.7 Å². The summed E-state index contributed by atoms with van der Waals surface area (Å²) in [5, 5.41) is 2.95. The average molecular weight is 454 g/mol. The molecule has 4 atom stereocenters. The van der Waals surface area contributed by atoms with Gasteiger partial charge in [-0.1, -0.05) is 43.3 Å². The molecule has 0 saturated carbocycles. The van der Waals surface area contributed by atoms with Gasteiger partial charge >= 0.3 is 0 Å². The van der Waals surface area contributed by atoms with Gasteiger partial charge in [-0.2, -0.15) is 0 Å². The summed E-state index contributed by atoms with van der Waals surface area (Å²) >= 11 is 0. The predicted octanol–water partition coefficient (Wildman–Crippen LogP) is 2.97. The normalized spacial score (nSPS) is 21.5. The lowest BCUT2D eigenvalue weighted by Crippen LogP contribution is -2.50. The first kappa shape index (κ1) is 24.7. The van der Waals surface area contributed by atoms with E-state index in [4.69, 9.17) is 0 Å². The Kier molecular flexibility index (Phi) is 8.06.